The SMILES string of the molecule is Cc1cnn2cc(-c3ccc(N4CCNCC4)cc3)nc(OCC[C@@H]3CC(=O)N(OC(=O)C(F)(F)F)C3)c12. The Morgan fingerprint density at radius 3 is 2.63 bits per heavy atom. The molecule has 0 unspecified atom stereocenters. The van der Waals surface area contributed by atoms with Gasteiger partial charge in [0.25, 0.3) is 5.91 Å². The maximum atomic E-state index is 12.5. The molecule has 1 N–H and O–H groups in total. The van der Waals surface area contributed by atoms with Gasteiger partial charge in [0.2, 0.25) is 5.88 Å². The Balaban J connectivity index is 1.26. The van der Waals surface area contributed by atoms with E-state index in [1.165, 1.54) is 0 Å². The van der Waals surface area contributed by atoms with E-state index >= 15 is 0 Å². The van der Waals surface area contributed by atoms with Crippen LogP contribution >= 0.6 is 0 Å². The summed E-state index contributed by atoms with van der Waals surface area (Å²) in [5.41, 5.74) is 4.28. The number of aryl methyl sites for hydroxylation is 1. The minimum atomic E-state index is -5.17. The quantitative estimate of drug-likeness (QED) is 0.496. The number of ether oxygens (including phenoxy) is 1. The first-order valence-electron chi connectivity index (χ1n) is 12.3. The normalized spacial score (nSPS) is 18.3. The highest BCUT2D eigenvalue weighted by molar-refractivity contribution is 5.81. The van der Waals surface area contributed by atoms with Gasteiger partial charge in [-0.25, -0.2) is 14.3 Å². The third kappa shape index (κ3) is 5.52. The fourth-order valence-electron chi connectivity index (χ4n) is 4.63. The van der Waals surface area contributed by atoms with Crippen LogP contribution in [0.2, 0.25) is 0 Å². The maximum absolute atomic E-state index is 12.5. The molecule has 0 radical (unpaired) electrons. The number of halogens is 3. The van der Waals surface area contributed by atoms with E-state index in [9.17, 15) is 22.8 Å². The summed E-state index contributed by atoms with van der Waals surface area (Å²) in [6.07, 6.45) is -1.31. The average Bonchev–Trinajstić information content (AvgIpc) is 3.45. The van der Waals surface area contributed by atoms with Crippen molar-refractivity contribution in [3.05, 3.63) is 42.2 Å². The molecule has 0 saturated carbocycles. The van der Waals surface area contributed by atoms with E-state index in [4.69, 9.17) is 9.72 Å². The number of amides is 1. The van der Waals surface area contributed by atoms with E-state index < -0.39 is 18.1 Å². The number of hydrogen-bond donors (Lipinski definition) is 1. The number of hydroxylamine groups is 2. The van der Waals surface area contributed by atoms with E-state index in [0.717, 1.165) is 43.0 Å². The number of hydrogen-bond acceptors (Lipinski definition) is 8. The van der Waals surface area contributed by atoms with Gasteiger partial charge in [-0.05, 0) is 31.4 Å². The second-order valence-electron chi connectivity index (χ2n) is 9.37. The molecule has 5 rings (SSSR count). The number of benzene rings is 1. The lowest BCUT2D eigenvalue weighted by Crippen LogP contribution is -2.43. The molecule has 2 saturated heterocycles. The molecule has 0 bridgehead atoms. The Hall–Kier alpha value is -3.87. The molecule has 38 heavy (non-hydrogen) atoms. The fourth-order valence-corrected chi connectivity index (χ4v) is 4.63. The molecule has 1 aromatic carbocycles. The molecular formula is C25H27F3N6O4. The van der Waals surface area contributed by atoms with Crippen LogP contribution < -0.4 is 15.0 Å². The van der Waals surface area contributed by atoms with Gasteiger partial charge in [0.05, 0.1) is 31.2 Å². The number of anilines is 1. The molecular weight excluding hydrogens is 505 g/mol. The van der Waals surface area contributed by atoms with Crippen molar-refractivity contribution in [3.63, 3.8) is 0 Å². The summed E-state index contributed by atoms with van der Waals surface area (Å²) in [6, 6.07) is 8.14. The van der Waals surface area contributed by atoms with Crippen molar-refractivity contribution in [2.45, 2.75) is 25.9 Å². The van der Waals surface area contributed by atoms with Gasteiger partial charge in [-0.1, -0.05) is 12.1 Å². The summed E-state index contributed by atoms with van der Waals surface area (Å²) in [5, 5.41) is 8.22. The van der Waals surface area contributed by atoms with Gasteiger partial charge >= 0.3 is 12.1 Å². The van der Waals surface area contributed by atoms with Crippen molar-refractivity contribution < 1.29 is 32.3 Å². The number of carbonyl (C=O) groups is 2. The largest absolute Gasteiger partial charge is 0.493 e. The Labute approximate surface area is 216 Å². The van der Waals surface area contributed by atoms with Crippen LogP contribution in [0.1, 0.15) is 18.4 Å². The fraction of sp³-hybridized carbons (Fsp3) is 0.440. The van der Waals surface area contributed by atoms with Crippen molar-refractivity contribution in [1.82, 2.24) is 25.0 Å². The Bertz CT molecular complexity index is 1320. The summed E-state index contributed by atoms with van der Waals surface area (Å²) in [4.78, 5) is 34.3. The summed E-state index contributed by atoms with van der Waals surface area (Å²) in [7, 11) is 0. The lowest BCUT2D eigenvalue weighted by molar-refractivity contribution is -0.234. The second kappa shape index (κ2) is 10.5. The molecule has 0 aliphatic carbocycles. The second-order valence-corrected chi connectivity index (χ2v) is 9.37. The van der Waals surface area contributed by atoms with E-state index in [-0.39, 0.29) is 25.5 Å². The topological polar surface area (TPSA) is 101 Å². The third-order valence-corrected chi connectivity index (χ3v) is 6.65. The highest BCUT2D eigenvalue weighted by Crippen LogP contribution is 2.29. The first-order valence-corrected chi connectivity index (χ1v) is 12.3. The lowest BCUT2D eigenvalue weighted by atomic mass is 10.1. The molecule has 10 nitrogen and oxygen atoms in total. The number of rotatable bonds is 7. The van der Waals surface area contributed by atoms with E-state index in [2.05, 4.69) is 32.3 Å². The van der Waals surface area contributed by atoms with Crippen LogP contribution in [0, 0.1) is 12.8 Å². The van der Waals surface area contributed by atoms with Gasteiger partial charge in [0, 0.05) is 49.4 Å². The zero-order valence-electron chi connectivity index (χ0n) is 20.7. The van der Waals surface area contributed by atoms with E-state index in [1.54, 1.807) is 10.7 Å². The zero-order chi connectivity index (χ0) is 26.9. The molecule has 2 fully saturated rings. The molecule has 1 atom stereocenters. The first-order chi connectivity index (χ1) is 18.2. The van der Waals surface area contributed by atoms with Gasteiger partial charge in [-0.3, -0.25) is 4.79 Å². The van der Waals surface area contributed by atoms with Gasteiger partial charge < -0.3 is 19.8 Å². The number of piperazine rings is 1. The average molecular weight is 533 g/mol. The maximum Gasteiger partial charge on any atom is 0.493 e. The number of aromatic nitrogens is 3. The van der Waals surface area contributed by atoms with E-state index in [1.807, 2.05) is 25.3 Å². The smallest absolute Gasteiger partial charge is 0.476 e. The van der Waals surface area contributed by atoms with Crippen molar-refractivity contribution in [2.24, 2.45) is 5.92 Å². The summed E-state index contributed by atoms with van der Waals surface area (Å²) in [6.45, 7) is 5.72. The van der Waals surface area contributed by atoms with E-state index in [0.29, 0.717) is 28.6 Å². The van der Waals surface area contributed by atoms with Crippen LogP contribution in [0.5, 0.6) is 5.88 Å². The van der Waals surface area contributed by atoms with Crippen molar-refractivity contribution in [2.75, 3.05) is 44.2 Å². The molecule has 202 valence electrons. The van der Waals surface area contributed by atoms with Crippen LogP contribution in [0.15, 0.2) is 36.7 Å². The highest BCUT2D eigenvalue weighted by atomic mass is 19.4. The lowest BCUT2D eigenvalue weighted by Gasteiger charge is -2.29. The molecule has 2 aliphatic heterocycles. The molecule has 13 heteroatoms. The molecule has 0 spiro atoms. The number of nitrogens with zero attached hydrogens (tertiary/aromatic N) is 5. The number of fused-ring (bicyclic) bond motifs is 1. The summed E-state index contributed by atoms with van der Waals surface area (Å²) in [5.74, 6) is -3.05. The van der Waals surface area contributed by atoms with Crippen LogP contribution in [-0.2, 0) is 14.4 Å². The number of nitrogens with one attached hydrogen (secondary N) is 1. The van der Waals surface area contributed by atoms with Gasteiger partial charge in [0.1, 0.15) is 5.52 Å². The van der Waals surface area contributed by atoms with Crippen LogP contribution in [0.25, 0.3) is 16.8 Å². The molecule has 2 aromatic heterocycles. The molecule has 4 heterocycles. The predicted octanol–water partition coefficient (Wildman–Crippen LogP) is 2.75. The predicted molar refractivity (Wildman–Crippen MR) is 130 cm³/mol. The van der Waals surface area contributed by atoms with Gasteiger partial charge in [0.15, 0.2) is 0 Å². The van der Waals surface area contributed by atoms with Crippen LogP contribution in [0.4, 0.5) is 18.9 Å². The Kier molecular flexibility index (Phi) is 7.11. The Morgan fingerprint density at radius 1 is 1.18 bits per heavy atom. The number of carbonyl (C=O) groups excluding carboxylic acids is 2. The standard InChI is InChI=1S/C25H27F3N6O4/c1-16-13-30-33-15-20(18-2-4-19(5-3-18)32-9-7-29-8-10-32)31-23(22(16)33)37-11-6-17-12-21(35)34(14-17)38-24(36)25(26,27)28/h2-5,13,15,17,29H,6-12,14H2,1H3/t17-/m1/s1. The highest BCUT2D eigenvalue weighted by Gasteiger charge is 2.45. The van der Waals surface area contributed by atoms with Crippen molar-refractivity contribution in [3.8, 4) is 17.1 Å². The minimum Gasteiger partial charge on any atom is -0.476 e. The van der Waals surface area contributed by atoms with Crippen molar-refractivity contribution in [1.29, 1.82) is 0 Å². The number of alkyl halides is 3. The Morgan fingerprint density at radius 2 is 1.92 bits per heavy atom. The van der Waals surface area contributed by atoms with Crippen LogP contribution in [0.3, 0.4) is 0 Å². The third-order valence-electron chi connectivity index (χ3n) is 6.65. The zero-order valence-corrected chi connectivity index (χ0v) is 20.7. The monoisotopic (exact) mass is 532 g/mol. The van der Waals surface area contributed by atoms with Gasteiger partial charge in [-0.2, -0.15) is 23.3 Å². The summed E-state index contributed by atoms with van der Waals surface area (Å²) >= 11 is 0. The van der Waals surface area contributed by atoms with Crippen LogP contribution in [-0.4, -0.2) is 77.0 Å². The molecule has 1 amide bonds. The molecule has 3 aromatic rings. The van der Waals surface area contributed by atoms with Gasteiger partial charge in [-0.15, -0.1) is 0 Å². The summed E-state index contributed by atoms with van der Waals surface area (Å²) < 4.78 is 45.1. The van der Waals surface area contributed by atoms with Crippen molar-refractivity contribution >= 4 is 23.1 Å². The minimum absolute atomic E-state index is 0.0392. The molecule has 2 aliphatic rings. The first kappa shape index (κ1) is 25.8.